The zero-order valence-corrected chi connectivity index (χ0v) is 17.8. The van der Waals surface area contributed by atoms with Crippen LogP contribution >= 0.6 is 15.9 Å². The van der Waals surface area contributed by atoms with Crippen LogP contribution in [0.1, 0.15) is 43.3 Å². The molecule has 1 aliphatic rings. The van der Waals surface area contributed by atoms with Crippen LogP contribution in [0.15, 0.2) is 35.1 Å². The zero-order valence-electron chi connectivity index (χ0n) is 16.2. The quantitative estimate of drug-likeness (QED) is 0.685. The number of aromatic nitrogens is 2. The van der Waals surface area contributed by atoms with E-state index in [1.54, 1.807) is 11.2 Å². The number of rotatable bonds is 5. The summed E-state index contributed by atoms with van der Waals surface area (Å²) >= 11 is 3.45. The van der Waals surface area contributed by atoms with Crippen LogP contribution in [0.4, 0.5) is 4.79 Å². The Hall–Kier alpha value is -2.35. The van der Waals surface area contributed by atoms with Crippen molar-refractivity contribution in [3.05, 3.63) is 52.0 Å². The molecule has 0 radical (unpaired) electrons. The van der Waals surface area contributed by atoms with Crippen molar-refractivity contribution in [2.45, 2.75) is 38.8 Å². The third kappa shape index (κ3) is 4.06. The number of benzene rings is 1. The van der Waals surface area contributed by atoms with E-state index >= 15 is 0 Å². The van der Waals surface area contributed by atoms with Crippen molar-refractivity contribution in [1.29, 1.82) is 0 Å². The monoisotopic (exact) mass is 448 g/mol. The summed E-state index contributed by atoms with van der Waals surface area (Å²) in [6, 6.07) is 6.55. The van der Waals surface area contributed by atoms with Gasteiger partial charge in [-0.05, 0) is 23.6 Å². The molecule has 0 saturated heterocycles. The summed E-state index contributed by atoms with van der Waals surface area (Å²) in [5.74, 6) is -0.464. The predicted molar refractivity (Wildman–Crippen MR) is 109 cm³/mol. The van der Waals surface area contributed by atoms with Crippen molar-refractivity contribution in [3.8, 4) is 0 Å². The maximum absolute atomic E-state index is 13.2. The van der Waals surface area contributed by atoms with Gasteiger partial charge in [0.15, 0.2) is 0 Å². The van der Waals surface area contributed by atoms with Gasteiger partial charge in [0.1, 0.15) is 12.1 Å². The number of halogens is 1. The van der Waals surface area contributed by atoms with Crippen LogP contribution in [0.2, 0.25) is 0 Å². The van der Waals surface area contributed by atoms with Gasteiger partial charge < -0.3 is 19.9 Å². The molecule has 8 heteroatoms. The minimum absolute atomic E-state index is 0.0340. The van der Waals surface area contributed by atoms with Gasteiger partial charge in [-0.15, -0.1) is 0 Å². The molecule has 0 bridgehead atoms. The molecule has 0 spiro atoms. The fourth-order valence-electron chi connectivity index (χ4n) is 3.49. The smallest absolute Gasteiger partial charge is 0.328 e. The highest BCUT2D eigenvalue weighted by atomic mass is 79.9. The van der Waals surface area contributed by atoms with E-state index in [1.807, 2.05) is 38.1 Å². The minimum atomic E-state index is -0.686. The van der Waals surface area contributed by atoms with Crippen molar-refractivity contribution in [3.63, 3.8) is 0 Å². The summed E-state index contributed by atoms with van der Waals surface area (Å²) in [6.45, 7) is 4.43. The van der Waals surface area contributed by atoms with Crippen LogP contribution in [0.3, 0.4) is 0 Å². The molecule has 2 amide bonds. The van der Waals surface area contributed by atoms with E-state index in [2.05, 4.69) is 31.2 Å². The topological polar surface area (TPSA) is 87.3 Å². The zero-order chi connectivity index (χ0) is 20.3. The van der Waals surface area contributed by atoms with Crippen LogP contribution < -0.4 is 5.32 Å². The molecule has 2 heterocycles. The second kappa shape index (κ2) is 8.77. The maximum atomic E-state index is 13.2. The summed E-state index contributed by atoms with van der Waals surface area (Å²) < 4.78 is 5.86. The van der Waals surface area contributed by atoms with Gasteiger partial charge in [-0.25, -0.2) is 14.6 Å². The summed E-state index contributed by atoms with van der Waals surface area (Å²) in [5.41, 5.74) is 2.83. The second-order valence-corrected chi connectivity index (χ2v) is 7.92. The molecule has 28 heavy (non-hydrogen) atoms. The number of amides is 2. The molecule has 2 aromatic rings. The van der Waals surface area contributed by atoms with E-state index < -0.39 is 12.0 Å². The van der Waals surface area contributed by atoms with Crippen molar-refractivity contribution in [2.24, 2.45) is 5.92 Å². The Kier molecular flexibility index (Phi) is 6.39. The van der Waals surface area contributed by atoms with E-state index in [-0.39, 0.29) is 18.0 Å². The lowest BCUT2D eigenvalue weighted by Crippen LogP contribution is -2.53. The Balaban J connectivity index is 1.91. The van der Waals surface area contributed by atoms with E-state index in [9.17, 15) is 9.59 Å². The number of esters is 1. The fourth-order valence-corrected chi connectivity index (χ4v) is 3.75. The lowest BCUT2D eigenvalue weighted by Gasteiger charge is -2.36. The van der Waals surface area contributed by atoms with Gasteiger partial charge in [-0.1, -0.05) is 48.3 Å². The standard InChI is InChI=1S/C20H25BrN4O3/c1-4-12(2)16(19(26)28-3)24-20(27)25-10-9-15-17(23-11-22-15)18(25)13-5-7-14(21)8-6-13/h5-8,11-12,16,18H,4,9-10H2,1-3H3,(H,22,23)(H,24,27)/t12-,16-,18+/m0/s1. The van der Waals surface area contributed by atoms with E-state index in [1.165, 1.54) is 7.11 Å². The molecule has 1 aliphatic heterocycles. The van der Waals surface area contributed by atoms with Gasteiger partial charge in [-0.2, -0.15) is 0 Å². The average molecular weight is 449 g/mol. The summed E-state index contributed by atoms with van der Waals surface area (Å²) in [4.78, 5) is 34.8. The Morgan fingerprint density at radius 2 is 2.11 bits per heavy atom. The lowest BCUT2D eigenvalue weighted by molar-refractivity contribution is -0.144. The number of imidazole rings is 1. The number of fused-ring (bicyclic) bond motifs is 1. The number of methoxy groups -OCH3 is 1. The maximum Gasteiger partial charge on any atom is 0.328 e. The second-order valence-electron chi connectivity index (χ2n) is 7.00. The normalized spacial score (nSPS) is 18.1. The number of carbonyl (C=O) groups is 2. The van der Waals surface area contributed by atoms with Crippen molar-refractivity contribution in [1.82, 2.24) is 20.2 Å². The predicted octanol–water partition coefficient (Wildman–Crippen LogP) is 3.42. The number of carbonyl (C=O) groups excluding carboxylic acids is 2. The van der Waals surface area contributed by atoms with E-state index in [0.29, 0.717) is 13.0 Å². The Morgan fingerprint density at radius 3 is 2.75 bits per heavy atom. The number of nitrogens with zero attached hydrogens (tertiary/aromatic N) is 2. The minimum Gasteiger partial charge on any atom is -0.467 e. The molecular formula is C20H25BrN4O3. The molecule has 1 aromatic carbocycles. The SMILES string of the molecule is CC[C@H](C)[C@H](NC(=O)N1CCc2[nH]cnc2[C@H]1c1ccc(Br)cc1)C(=O)OC. The van der Waals surface area contributed by atoms with E-state index in [4.69, 9.17) is 4.74 Å². The van der Waals surface area contributed by atoms with Gasteiger partial charge in [0.25, 0.3) is 0 Å². The highest BCUT2D eigenvalue weighted by Gasteiger charge is 2.36. The molecule has 2 N–H and O–H groups in total. The first-order valence-corrected chi connectivity index (χ1v) is 10.2. The Labute approximate surface area is 173 Å². The van der Waals surface area contributed by atoms with Crippen molar-refractivity contribution >= 4 is 27.9 Å². The molecule has 1 aromatic heterocycles. The van der Waals surface area contributed by atoms with Crippen molar-refractivity contribution < 1.29 is 14.3 Å². The number of urea groups is 1. The number of aromatic amines is 1. The van der Waals surface area contributed by atoms with Gasteiger partial charge in [0.05, 0.1) is 19.1 Å². The molecule has 150 valence electrons. The molecule has 0 unspecified atom stereocenters. The molecule has 0 fully saturated rings. The number of nitrogens with one attached hydrogen (secondary N) is 2. The summed E-state index contributed by atoms with van der Waals surface area (Å²) in [6.07, 6.45) is 3.09. The van der Waals surface area contributed by atoms with Gasteiger partial charge in [0, 0.05) is 23.1 Å². The van der Waals surface area contributed by atoms with Gasteiger partial charge >= 0.3 is 12.0 Å². The molecular weight excluding hydrogens is 424 g/mol. The number of hydrogen-bond donors (Lipinski definition) is 2. The lowest BCUT2D eigenvalue weighted by atomic mass is 9.95. The van der Waals surface area contributed by atoms with Crippen LogP contribution in [-0.2, 0) is 16.0 Å². The van der Waals surface area contributed by atoms with Crippen molar-refractivity contribution in [2.75, 3.05) is 13.7 Å². The molecule has 0 aliphatic carbocycles. The Bertz CT molecular complexity index is 836. The number of H-pyrrole nitrogens is 1. The number of ether oxygens (including phenoxy) is 1. The molecule has 3 rings (SSSR count). The molecule has 7 nitrogen and oxygen atoms in total. The van der Waals surface area contributed by atoms with E-state index in [0.717, 1.165) is 27.8 Å². The first-order valence-electron chi connectivity index (χ1n) is 9.38. The van der Waals surface area contributed by atoms with Crippen LogP contribution in [0, 0.1) is 5.92 Å². The third-order valence-electron chi connectivity index (χ3n) is 5.32. The largest absolute Gasteiger partial charge is 0.467 e. The highest BCUT2D eigenvalue weighted by molar-refractivity contribution is 9.10. The van der Waals surface area contributed by atoms with Crippen LogP contribution in [0.5, 0.6) is 0 Å². The van der Waals surface area contributed by atoms with Gasteiger partial charge in [-0.3, -0.25) is 0 Å². The first-order chi connectivity index (χ1) is 13.5. The van der Waals surface area contributed by atoms with Gasteiger partial charge in [0.2, 0.25) is 0 Å². The summed E-state index contributed by atoms with van der Waals surface area (Å²) in [7, 11) is 1.34. The highest BCUT2D eigenvalue weighted by Crippen LogP contribution is 2.34. The third-order valence-corrected chi connectivity index (χ3v) is 5.85. The first kappa shape index (κ1) is 20.4. The summed E-state index contributed by atoms with van der Waals surface area (Å²) in [5, 5.41) is 2.89. The fraction of sp³-hybridized carbons (Fsp3) is 0.450. The van der Waals surface area contributed by atoms with Crippen LogP contribution in [0.25, 0.3) is 0 Å². The average Bonchev–Trinajstić information content (AvgIpc) is 3.19. The molecule has 0 saturated carbocycles. The van der Waals surface area contributed by atoms with Crippen LogP contribution in [-0.4, -0.2) is 46.6 Å². The molecule has 3 atom stereocenters. The Morgan fingerprint density at radius 1 is 1.39 bits per heavy atom. The number of hydrogen-bond acceptors (Lipinski definition) is 4.